The molecule has 0 spiro atoms. The maximum atomic E-state index is 13.3. The van der Waals surface area contributed by atoms with Crippen molar-refractivity contribution in [2.45, 2.75) is 252 Å². The van der Waals surface area contributed by atoms with E-state index in [-0.39, 0.29) is 17.9 Å². The second kappa shape index (κ2) is 44.8. The number of amides is 3. The molecule has 0 bridgehead atoms. The first-order chi connectivity index (χ1) is 30.6. The molecule has 0 aromatic rings. The van der Waals surface area contributed by atoms with Crippen LogP contribution in [-0.4, -0.2) is 90.6 Å². The molecule has 3 amide bonds. The van der Waals surface area contributed by atoms with Crippen LogP contribution in [0.4, 0.5) is 4.79 Å². The SMILES string of the molecule is CCCCCCCCC=CCCCCCCCC(=O)N(CCCN)CCCCN(CCCN(CCCN)C(=O)CCCCCCCC=CCCCCCCCC)C(=O)OC(C)(C)C. The topological polar surface area (TPSA) is 122 Å². The molecule has 0 aromatic heterocycles. The average Bonchev–Trinajstić information content (AvgIpc) is 3.25. The van der Waals surface area contributed by atoms with Gasteiger partial charge in [-0.05, 0) is 130 Å². The van der Waals surface area contributed by atoms with Gasteiger partial charge in [0.2, 0.25) is 11.8 Å². The number of carbonyl (C=O) groups is 3. The van der Waals surface area contributed by atoms with Crippen molar-refractivity contribution in [3.05, 3.63) is 24.3 Å². The molecule has 0 atom stereocenters. The zero-order valence-electron chi connectivity index (χ0n) is 42.4. The van der Waals surface area contributed by atoms with Crippen LogP contribution < -0.4 is 11.5 Å². The lowest BCUT2D eigenvalue weighted by molar-refractivity contribution is -0.132. The Labute approximate surface area is 390 Å². The van der Waals surface area contributed by atoms with E-state index in [2.05, 4.69) is 38.2 Å². The zero-order chi connectivity index (χ0) is 46.5. The molecule has 9 heteroatoms. The monoisotopic (exact) mass is 888 g/mol. The summed E-state index contributed by atoms with van der Waals surface area (Å²) >= 11 is 0. The van der Waals surface area contributed by atoms with Crippen LogP contribution in [0.15, 0.2) is 24.3 Å². The number of hydrogen-bond donors (Lipinski definition) is 2. The highest BCUT2D eigenvalue weighted by atomic mass is 16.6. The third kappa shape index (κ3) is 40.8. The lowest BCUT2D eigenvalue weighted by atomic mass is 10.1. The second-order valence-corrected chi connectivity index (χ2v) is 19.2. The molecule has 370 valence electrons. The van der Waals surface area contributed by atoms with Crippen LogP contribution in [0.5, 0.6) is 0 Å². The maximum absolute atomic E-state index is 13.3. The normalized spacial score (nSPS) is 11.9. The number of ether oxygens (including phenoxy) is 1. The summed E-state index contributed by atoms with van der Waals surface area (Å²) in [4.78, 5) is 45.6. The molecule has 0 heterocycles. The van der Waals surface area contributed by atoms with Crippen LogP contribution in [-0.2, 0) is 14.3 Å². The minimum Gasteiger partial charge on any atom is -0.444 e. The largest absolute Gasteiger partial charge is 0.444 e. The Hall–Kier alpha value is -2.39. The fourth-order valence-electron chi connectivity index (χ4n) is 7.98. The summed E-state index contributed by atoms with van der Waals surface area (Å²) in [6.45, 7) is 15.0. The van der Waals surface area contributed by atoms with Crippen LogP contribution in [0.3, 0.4) is 0 Å². The van der Waals surface area contributed by atoms with Gasteiger partial charge in [0.15, 0.2) is 0 Å². The molecule has 4 N–H and O–H groups in total. The van der Waals surface area contributed by atoms with Crippen LogP contribution in [0, 0.1) is 0 Å². The van der Waals surface area contributed by atoms with E-state index in [0.29, 0.717) is 71.6 Å². The quantitative estimate of drug-likeness (QED) is 0.0464. The molecule has 0 saturated carbocycles. The summed E-state index contributed by atoms with van der Waals surface area (Å²) in [5, 5.41) is 0. The summed E-state index contributed by atoms with van der Waals surface area (Å²) in [5.41, 5.74) is 11.1. The lowest BCUT2D eigenvalue weighted by Crippen LogP contribution is -2.40. The fraction of sp³-hybridized carbons (Fsp3) is 0.870. The highest BCUT2D eigenvalue weighted by molar-refractivity contribution is 5.76. The van der Waals surface area contributed by atoms with Gasteiger partial charge in [-0.3, -0.25) is 9.59 Å². The molecule has 63 heavy (non-hydrogen) atoms. The minimum absolute atomic E-state index is 0.189. The Morgan fingerprint density at radius 3 is 1.06 bits per heavy atom. The number of allylic oxidation sites excluding steroid dienone is 4. The van der Waals surface area contributed by atoms with Crippen molar-refractivity contribution in [1.29, 1.82) is 0 Å². The number of hydrogen-bond acceptors (Lipinski definition) is 6. The number of carbonyl (C=O) groups excluding carboxylic acids is 3. The molecule has 0 fully saturated rings. The first-order valence-electron chi connectivity index (χ1n) is 26.8. The molecule has 0 rings (SSSR count). The summed E-state index contributed by atoms with van der Waals surface area (Å²) in [6.07, 6.45) is 46.3. The first kappa shape index (κ1) is 60.6. The van der Waals surface area contributed by atoms with E-state index in [1.165, 1.54) is 128 Å². The van der Waals surface area contributed by atoms with E-state index in [0.717, 1.165) is 64.2 Å². The van der Waals surface area contributed by atoms with Crippen LogP contribution in [0.25, 0.3) is 0 Å². The highest BCUT2D eigenvalue weighted by Crippen LogP contribution is 2.16. The van der Waals surface area contributed by atoms with Gasteiger partial charge in [-0.15, -0.1) is 0 Å². The van der Waals surface area contributed by atoms with E-state index >= 15 is 0 Å². The van der Waals surface area contributed by atoms with Gasteiger partial charge in [0.25, 0.3) is 0 Å². The molecule has 0 unspecified atom stereocenters. The van der Waals surface area contributed by atoms with Gasteiger partial charge >= 0.3 is 6.09 Å². The minimum atomic E-state index is -0.599. The smallest absolute Gasteiger partial charge is 0.410 e. The summed E-state index contributed by atoms with van der Waals surface area (Å²) in [7, 11) is 0. The van der Waals surface area contributed by atoms with Gasteiger partial charge in [-0.25, -0.2) is 4.79 Å². The molecule has 0 aliphatic carbocycles. The third-order valence-corrected chi connectivity index (χ3v) is 11.9. The van der Waals surface area contributed by atoms with E-state index in [9.17, 15) is 14.4 Å². The zero-order valence-corrected chi connectivity index (χ0v) is 42.4. The average molecular weight is 888 g/mol. The third-order valence-electron chi connectivity index (χ3n) is 11.9. The maximum Gasteiger partial charge on any atom is 0.410 e. The molecule has 0 radical (unpaired) electrons. The van der Waals surface area contributed by atoms with Gasteiger partial charge in [-0.1, -0.05) is 141 Å². The Bertz CT molecular complexity index is 1110. The molecular weight excluding hydrogens is 783 g/mol. The Balaban J connectivity index is 4.68. The van der Waals surface area contributed by atoms with Crippen molar-refractivity contribution in [2.75, 3.05) is 52.4 Å². The number of rotatable bonds is 45. The van der Waals surface area contributed by atoms with E-state index in [1.807, 2.05) is 30.6 Å². The molecule has 0 aliphatic rings. The predicted octanol–water partition coefficient (Wildman–Crippen LogP) is 13.8. The van der Waals surface area contributed by atoms with Crippen molar-refractivity contribution < 1.29 is 19.1 Å². The van der Waals surface area contributed by atoms with Gasteiger partial charge in [-0.2, -0.15) is 0 Å². The first-order valence-corrected chi connectivity index (χ1v) is 26.8. The Kier molecular flexibility index (Phi) is 43.1. The number of nitrogens with zero attached hydrogens (tertiary/aromatic N) is 3. The van der Waals surface area contributed by atoms with Crippen molar-refractivity contribution in [3.63, 3.8) is 0 Å². The summed E-state index contributed by atoms with van der Waals surface area (Å²) < 4.78 is 5.80. The lowest BCUT2D eigenvalue weighted by Gasteiger charge is -2.29. The van der Waals surface area contributed by atoms with Gasteiger partial charge < -0.3 is 30.9 Å². The van der Waals surface area contributed by atoms with Crippen LogP contribution in [0.1, 0.15) is 247 Å². The van der Waals surface area contributed by atoms with Crippen LogP contribution >= 0.6 is 0 Å². The molecule has 0 saturated heterocycles. The van der Waals surface area contributed by atoms with Crippen LogP contribution in [0.2, 0.25) is 0 Å². The number of nitrogens with two attached hydrogens (primary N) is 2. The van der Waals surface area contributed by atoms with Crippen molar-refractivity contribution in [2.24, 2.45) is 11.5 Å². The van der Waals surface area contributed by atoms with Gasteiger partial charge in [0.1, 0.15) is 5.60 Å². The van der Waals surface area contributed by atoms with E-state index in [4.69, 9.17) is 16.2 Å². The summed E-state index contributed by atoms with van der Waals surface area (Å²) in [6, 6.07) is 0. The van der Waals surface area contributed by atoms with Crippen molar-refractivity contribution >= 4 is 17.9 Å². The van der Waals surface area contributed by atoms with Gasteiger partial charge in [0.05, 0.1) is 0 Å². The second-order valence-electron chi connectivity index (χ2n) is 19.2. The number of unbranched alkanes of at least 4 members (excludes halogenated alkanes) is 23. The Morgan fingerprint density at radius 2 is 0.698 bits per heavy atom. The molecule has 0 aromatic carbocycles. The van der Waals surface area contributed by atoms with Gasteiger partial charge in [0, 0.05) is 52.1 Å². The molecular formula is C54H105N5O4. The Morgan fingerprint density at radius 1 is 0.397 bits per heavy atom. The standard InChI is InChI=1S/C54H105N5O4/c1-6-8-10-12-14-16-18-20-22-24-26-28-30-32-34-41-51(60)57(47-38-43-55)45-36-37-46-59(53(62)63-54(3,4)5)50-40-49-58(48-39-44-56)52(61)42-35-33-31-29-27-25-23-21-19-17-15-13-11-9-7-2/h20-23H,6-19,24-50,55-56H2,1-5H3. The van der Waals surface area contributed by atoms with Crippen molar-refractivity contribution in [1.82, 2.24) is 14.7 Å². The fourth-order valence-corrected chi connectivity index (χ4v) is 7.98. The highest BCUT2D eigenvalue weighted by Gasteiger charge is 2.23. The molecule has 0 aliphatic heterocycles. The van der Waals surface area contributed by atoms with E-state index < -0.39 is 5.60 Å². The predicted molar refractivity (Wildman–Crippen MR) is 271 cm³/mol. The van der Waals surface area contributed by atoms with Crippen molar-refractivity contribution in [3.8, 4) is 0 Å². The van der Waals surface area contributed by atoms with E-state index in [1.54, 1.807) is 4.90 Å². The molecule has 9 nitrogen and oxygen atoms in total. The summed E-state index contributed by atoms with van der Waals surface area (Å²) in [5.74, 6) is 0.406.